The third-order valence-electron chi connectivity index (χ3n) is 3.96. The number of Topliss-reactive ketones (excluding diaryl/α,β-unsaturated/α-hetero) is 1. The Kier molecular flexibility index (Phi) is 3.62. The molecule has 0 radical (unpaired) electrons. The molecular formula is C13H20O3. The predicted octanol–water partition coefficient (Wildman–Crippen LogP) is 2.33. The molecule has 3 unspecified atom stereocenters. The number of carbonyl (C=O) groups is 2. The average Bonchev–Trinajstić information content (AvgIpc) is 2.85. The second-order valence-electron chi connectivity index (χ2n) is 5.25. The molecule has 16 heavy (non-hydrogen) atoms. The number of ketones is 1. The minimum atomic E-state index is -0.0178. The van der Waals surface area contributed by atoms with Crippen LogP contribution in [0.3, 0.4) is 0 Å². The smallest absolute Gasteiger partial charge is 0.309 e. The van der Waals surface area contributed by atoms with Crippen molar-refractivity contribution in [2.24, 2.45) is 17.8 Å². The van der Waals surface area contributed by atoms with Gasteiger partial charge in [-0.15, -0.1) is 0 Å². The SMILES string of the molecule is CC(=O)CCCOC(=O)C1CC2CCC1C2. The van der Waals surface area contributed by atoms with Gasteiger partial charge in [-0.1, -0.05) is 6.42 Å². The molecule has 2 aliphatic rings. The number of carbonyl (C=O) groups excluding carboxylic acids is 2. The van der Waals surface area contributed by atoms with Crippen LogP contribution < -0.4 is 0 Å². The van der Waals surface area contributed by atoms with Crippen molar-refractivity contribution in [3.63, 3.8) is 0 Å². The normalized spacial score (nSPS) is 31.7. The zero-order valence-corrected chi connectivity index (χ0v) is 9.91. The van der Waals surface area contributed by atoms with E-state index in [0.717, 1.165) is 12.3 Å². The molecule has 0 N–H and O–H groups in total. The summed E-state index contributed by atoms with van der Waals surface area (Å²) in [7, 11) is 0. The van der Waals surface area contributed by atoms with E-state index in [2.05, 4.69) is 0 Å². The highest BCUT2D eigenvalue weighted by molar-refractivity contribution is 5.75. The van der Waals surface area contributed by atoms with E-state index in [0.29, 0.717) is 25.4 Å². The topological polar surface area (TPSA) is 43.4 Å². The first-order valence-corrected chi connectivity index (χ1v) is 6.33. The van der Waals surface area contributed by atoms with Crippen LogP contribution in [-0.4, -0.2) is 18.4 Å². The molecular weight excluding hydrogens is 204 g/mol. The highest BCUT2D eigenvalue weighted by atomic mass is 16.5. The van der Waals surface area contributed by atoms with Crippen molar-refractivity contribution < 1.29 is 14.3 Å². The van der Waals surface area contributed by atoms with Crippen molar-refractivity contribution in [3.05, 3.63) is 0 Å². The van der Waals surface area contributed by atoms with Gasteiger partial charge < -0.3 is 9.53 Å². The minimum absolute atomic E-state index is 0.0178. The summed E-state index contributed by atoms with van der Waals surface area (Å²) in [6, 6.07) is 0. The summed E-state index contributed by atoms with van der Waals surface area (Å²) in [6.07, 6.45) is 5.96. The Morgan fingerprint density at radius 1 is 1.25 bits per heavy atom. The maximum absolute atomic E-state index is 11.8. The summed E-state index contributed by atoms with van der Waals surface area (Å²) in [5.41, 5.74) is 0. The largest absolute Gasteiger partial charge is 0.465 e. The maximum Gasteiger partial charge on any atom is 0.309 e. The molecule has 3 nitrogen and oxygen atoms in total. The molecule has 0 spiro atoms. The Morgan fingerprint density at radius 2 is 2.06 bits per heavy atom. The molecule has 0 aromatic rings. The Bertz CT molecular complexity index is 285. The van der Waals surface area contributed by atoms with E-state index in [1.54, 1.807) is 6.92 Å². The Labute approximate surface area is 96.5 Å². The van der Waals surface area contributed by atoms with Crippen molar-refractivity contribution >= 4 is 11.8 Å². The second kappa shape index (κ2) is 4.98. The third kappa shape index (κ3) is 2.63. The van der Waals surface area contributed by atoms with Crippen molar-refractivity contribution in [2.75, 3.05) is 6.61 Å². The van der Waals surface area contributed by atoms with Gasteiger partial charge in [-0.25, -0.2) is 0 Å². The van der Waals surface area contributed by atoms with Gasteiger partial charge in [0.2, 0.25) is 0 Å². The molecule has 0 heterocycles. The lowest BCUT2D eigenvalue weighted by molar-refractivity contribution is -0.150. The Morgan fingerprint density at radius 3 is 2.62 bits per heavy atom. The molecule has 0 amide bonds. The molecule has 0 aliphatic heterocycles. The average molecular weight is 224 g/mol. The van der Waals surface area contributed by atoms with Crippen LogP contribution >= 0.6 is 0 Å². The number of hydrogen-bond donors (Lipinski definition) is 0. The van der Waals surface area contributed by atoms with E-state index in [-0.39, 0.29) is 17.7 Å². The maximum atomic E-state index is 11.8. The Balaban J connectivity index is 1.66. The van der Waals surface area contributed by atoms with E-state index in [4.69, 9.17) is 4.74 Å². The van der Waals surface area contributed by atoms with Crippen LogP contribution in [0, 0.1) is 17.8 Å². The van der Waals surface area contributed by atoms with Crippen LogP contribution in [0.1, 0.15) is 45.4 Å². The van der Waals surface area contributed by atoms with Gasteiger partial charge >= 0.3 is 5.97 Å². The summed E-state index contributed by atoms with van der Waals surface area (Å²) in [5, 5.41) is 0. The number of ether oxygens (including phenoxy) is 1. The molecule has 2 aliphatic carbocycles. The lowest BCUT2D eigenvalue weighted by atomic mass is 9.89. The van der Waals surface area contributed by atoms with Gasteiger partial charge in [-0.2, -0.15) is 0 Å². The fourth-order valence-corrected chi connectivity index (χ4v) is 3.13. The molecule has 3 heteroatoms. The summed E-state index contributed by atoms with van der Waals surface area (Å²) in [5.74, 6) is 1.67. The van der Waals surface area contributed by atoms with Crippen molar-refractivity contribution in [2.45, 2.75) is 45.4 Å². The van der Waals surface area contributed by atoms with Crippen molar-refractivity contribution in [1.82, 2.24) is 0 Å². The molecule has 0 saturated heterocycles. The lowest BCUT2D eigenvalue weighted by Crippen LogP contribution is -2.23. The summed E-state index contributed by atoms with van der Waals surface area (Å²) in [4.78, 5) is 22.5. The molecule has 3 atom stereocenters. The fourth-order valence-electron chi connectivity index (χ4n) is 3.13. The molecule has 0 aromatic heterocycles. The first-order chi connectivity index (χ1) is 7.66. The highest BCUT2D eigenvalue weighted by Gasteiger charge is 2.43. The standard InChI is InChI=1S/C13H20O3/c1-9(14)3-2-6-16-13(15)12-8-10-4-5-11(12)7-10/h10-12H,2-8H2,1H3. The number of hydrogen-bond acceptors (Lipinski definition) is 3. The van der Waals surface area contributed by atoms with Crippen LogP contribution in [0.5, 0.6) is 0 Å². The molecule has 2 bridgehead atoms. The van der Waals surface area contributed by atoms with Crippen LogP contribution in [0.25, 0.3) is 0 Å². The van der Waals surface area contributed by atoms with E-state index in [1.807, 2.05) is 0 Å². The minimum Gasteiger partial charge on any atom is -0.465 e. The number of esters is 1. The fraction of sp³-hybridized carbons (Fsp3) is 0.846. The van der Waals surface area contributed by atoms with Crippen LogP contribution in [0.2, 0.25) is 0 Å². The quantitative estimate of drug-likeness (QED) is 0.531. The van der Waals surface area contributed by atoms with Gasteiger partial charge in [0.15, 0.2) is 0 Å². The molecule has 90 valence electrons. The van der Waals surface area contributed by atoms with Crippen molar-refractivity contribution in [3.8, 4) is 0 Å². The zero-order chi connectivity index (χ0) is 11.5. The lowest BCUT2D eigenvalue weighted by Gasteiger charge is -2.19. The van der Waals surface area contributed by atoms with Gasteiger partial charge in [-0.05, 0) is 44.4 Å². The van der Waals surface area contributed by atoms with Crippen LogP contribution in [0.15, 0.2) is 0 Å². The predicted molar refractivity (Wildman–Crippen MR) is 59.8 cm³/mol. The Hall–Kier alpha value is -0.860. The molecule has 2 saturated carbocycles. The van der Waals surface area contributed by atoms with E-state index in [9.17, 15) is 9.59 Å². The number of fused-ring (bicyclic) bond motifs is 2. The number of rotatable bonds is 5. The highest BCUT2D eigenvalue weighted by Crippen LogP contribution is 2.48. The molecule has 2 rings (SSSR count). The van der Waals surface area contributed by atoms with E-state index >= 15 is 0 Å². The van der Waals surface area contributed by atoms with Gasteiger partial charge in [0.1, 0.15) is 5.78 Å². The second-order valence-corrected chi connectivity index (χ2v) is 5.25. The van der Waals surface area contributed by atoms with Gasteiger partial charge in [0.05, 0.1) is 12.5 Å². The monoisotopic (exact) mass is 224 g/mol. The van der Waals surface area contributed by atoms with E-state index in [1.165, 1.54) is 19.3 Å². The molecule has 2 fully saturated rings. The van der Waals surface area contributed by atoms with Crippen LogP contribution in [-0.2, 0) is 14.3 Å². The summed E-state index contributed by atoms with van der Waals surface area (Å²) in [6.45, 7) is 1.98. The zero-order valence-electron chi connectivity index (χ0n) is 9.91. The van der Waals surface area contributed by atoms with Gasteiger partial charge in [0, 0.05) is 6.42 Å². The molecule has 0 aromatic carbocycles. The van der Waals surface area contributed by atoms with E-state index < -0.39 is 0 Å². The first-order valence-electron chi connectivity index (χ1n) is 6.33. The summed E-state index contributed by atoms with van der Waals surface area (Å²) < 4.78 is 5.24. The van der Waals surface area contributed by atoms with Crippen molar-refractivity contribution in [1.29, 1.82) is 0 Å². The van der Waals surface area contributed by atoms with Gasteiger partial charge in [0.25, 0.3) is 0 Å². The van der Waals surface area contributed by atoms with Gasteiger partial charge in [-0.3, -0.25) is 4.79 Å². The first kappa shape index (κ1) is 11.6. The summed E-state index contributed by atoms with van der Waals surface area (Å²) >= 11 is 0. The third-order valence-corrected chi connectivity index (χ3v) is 3.96. The van der Waals surface area contributed by atoms with Crippen LogP contribution in [0.4, 0.5) is 0 Å².